The van der Waals surface area contributed by atoms with E-state index >= 15 is 0 Å². The maximum atomic E-state index is 12.9. The first-order valence-corrected chi connectivity index (χ1v) is 8.12. The number of rotatable bonds is 1. The summed E-state index contributed by atoms with van der Waals surface area (Å²) in [5.41, 5.74) is 0.761. The summed E-state index contributed by atoms with van der Waals surface area (Å²) >= 11 is 0. The molecular formula is C17H25FN4O. The summed E-state index contributed by atoms with van der Waals surface area (Å²) in [6, 6.07) is 6.12. The number of anilines is 1. The maximum absolute atomic E-state index is 12.9. The Hall–Kier alpha value is -1.66. The van der Waals surface area contributed by atoms with Gasteiger partial charge in [-0.2, -0.15) is 0 Å². The lowest BCUT2D eigenvalue weighted by Crippen LogP contribution is -2.69. The Morgan fingerprint density at radius 3 is 2.61 bits per heavy atom. The number of hydrogen-bond acceptors (Lipinski definition) is 3. The number of fused-ring (bicyclic) bond motifs is 1. The van der Waals surface area contributed by atoms with Crippen LogP contribution < -0.4 is 5.32 Å². The number of hydrogen-bond donors (Lipinski definition) is 1. The molecule has 1 aromatic carbocycles. The van der Waals surface area contributed by atoms with Crippen molar-refractivity contribution in [3.05, 3.63) is 30.1 Å². The van der Waals surface area contributed by atoms with Crippen LogP contribution in [0.4, 0.5) is 14.9 Å². The van der Waals surface area contributed by atoms with Crippen LogP contribution >= 0.6 is 0 Å². The van der Waals surface area contributed by atoms with Gasteiger partial charge in [0.25, 0.3) is 0 Å². The van der Waals surface area contributed by atoms with Crippen LogP contribution in [0, 0.1) is 5.82 Å². The van der Waals surface area contributed by atoms with Crippen LogP contribution in [0.3, 0.4) is 0 Å². The molecule has 0 saturated carbocycles. The Morgan fingerprint density at radius 1 is 1.22 bits per heavy atom. The SMILES string of the molecule is CN1CC2CN(C(=O)Nc3ccc(F)cc3)CCN2C(C)(C)C1. The number of halogens is 1. The first-order valence-electron chi connectivity index (χ1n) is 8.12. The molecule has 6 heteroatoms. The minimum absolute atomic E-state index is 0.109. The molecular weight excluding hydrogens is 295 g/mol. The fraction of sp³-hybridized carbons (Fsp3) is 0.588. The van der Waals surface area contributed by atoms with Gasteiger partial charge in [0.15, 0.2) is 0 Å². The summed E-state index contributed by atoms with van der Waals surface area (Å²) in [5, 5.41) is 2.85. The molecule has 2 fully saturated rings. The third-order valence-electron chi connectivity index (χ3n) is 4.82. The highest BCUT2D eigenvalue weighted by Crippen LogP contribution is 2.27. The van der Waals surface area contributed by atoms with Gasteiger partial charge < -0.3 is 15.1 Å². The first kappa shape index (κ1) is 16.2. The van der Waals surface area contributed by atoms with Crippen LogP contribution in [-0.4, -0.2) is 72.1 Å². The monoisotopic (exact) mass is 320 g/mol. The van der Waals surface area contributed by atoms with E-state index in [2.05, 4.69) is 36.0 Å². The van der Waals surface area contributed by atoms with Gasteiger partial charge in [0.1, 0.15) is 5.82 Å². The van der Waals surface area contributed by atoms with E-state index in [4.69, 9.17) is 0 Å². The molecule has 2 aliphatic rings. The number of urea groups is 1. The number of carbonyl (C=O) groups is 1. The zero-order valence-corrected chi connectivity index (χ0v) is 14.1. The Labute approximate surface area is 137 Å². The predicted octanol–water partition coefficient (Wildman–Crippen LogP) is 2.07. The lowest BCUT2D eigenvalue weighted by molar-refractivity contribution is -0.0481. The van der Waals surface area contributed by atoms with E-state index in [1.807, 2.05) is 4.90 Å². The molecule has 3 rings (SSSR count). The van der Waals surface area contributed by atoms with Gasteiger partial charge in [-0.25, -0.2) is 9.18 Å². The van der Waals surface area contributed by atoms with Crippen molar-refractivity contribution in [1.29, 1.82) is 0 Å². The van der Waals surface area contributed by atoms with Gasteiger partial charge >= 0.3 is 6.03 Å². The Morgan fingerprint density at radius 2 is 1.91 bits per heavy atom. The van der Waals surface area contributed by atoms with Gasteiger partial charge in [-0.15, -0.1) is 0 Å². The summed E-state index contributed by atoms with van der Waals surface area (Å²) in [6.07, 6.45) is 0. The van der Waals surface area contributed by atoms with Crippen molar-refractivity contribution < 1.29 is 9.18 Å². The lowest BCUT2D eigenvalue weighted by Gasteiger charge is -2.54. The van der Waals surface area contributed by atoms with E-state index < -0.39 is 0 Å². The summed E-state index contributed by atoms with van der Waals surface area (Å²) in [7, 11) is 2.14. The van der Waals surface area contributed by atoms with Crippen LogP contribution in [-0.2, 0) is 0 Å². The van der Waals surface area contributed by atoms with Gasteiger partial charge in [-0.3, -0.25) is 4.90 Å². The molecule has 126 valence electrons. The molecule has 1 N–H and O–H groups in total. The Bertz CT molecular complexity index is 574. The molecule has 2 amide bonds. The fourth-order valence-electron chi connectivity index (χ4n) is 3.90. The maximum Gasteiger partial charge on any atom is 0.321 e. The largest absolute Gasteiger partial charge is 0.322 e. The van der Waals surface area contributed by atoms with Gasteiger partial charge in [-0.05, 0) is 45.2 Å². The quantitative estimate of drug-likeness (QED) is 0.861. The predicted molar refractivity (Wildman–Crippen MR) is 89.1 cm³/mol. The van der Waals surface area contributed by atoms with E-state index in [9.17, 15) is 9.18 Å². The van der Waals surface area contributed by atoms with Crippen molar-refractivity contribution in [3.63, 3.8) is 0 Å². The number of amides is 2. The molecule has 1 unspecified atom stereocenters. The van der Waals surface area contributed by atoms with Crippen LogP contribution in [0.25, 0.3) is 0 Å². The van der Waals surface area contributed by atoms with E-state index in [0.29, 0.717) is 11.7 Å². The number of nitrogens with one attached hydrogen (secondary N) is 1. The van der Waals surface area contributed by atoms with E-state index in [-0.39, 0.29) is 17.4 Å². The highest BCUT2D eigenvalue weighted by molar-refractivity contribution is 5.89. The minimum atomic E-state index is -0.302. The third-order valence-corrected chi connectivity index (χ3v) is 4.82. The topological polar surface area (TPSA) is 38.8 Å². The number of piperazine rings is 2. The molecule has 0 radical (unpaired) electrons. The molecule has 0 spiro atoms. The van der Waals surface area contributed by atoms with E-state index in [1.54, 1.807) is 12.1 Å². The van der Waals surface area contributed by atoms with Crippen molar-refractivity contribution >= 4 is 11.7 Å². The Kier molecular flexibility index (Phi) is 4.29. The van der Waals surface area contributed by atoms with E-state index in [0.717, 1.165) is 32.7 Å². The average Bonchev–Trinajstić information content (AvgIpc) is 2.48. The molecule has 23 heavy (non-hydrogen) atoms. The standard InChI is InChI=1S/C17H25FN4O/c1-17(2)12-20(3)10-15-11-21(8-9-22(15)17)16(23)19-14-6-4-13(18)5-7-14/h4-7,15H,8-12H2,1-3H3,(H,19,23). The molecule has 0 aromatic heterocycles. The molecule has 2 aliphatic heterocycles. The summed E-state index contributed by atoms with van der Waals surface area (Å²) in [4.78, 5) is 19.2. The summed E-state index contributed by atoms with van der Waals surface area (Å²) < 4.78 is 12.9. The van der Waals surface area contributed by atoms with Crippen molar-refractivity contribution in [2.75, 3.05) is 45.1 Å². The number of likely N-dealkylation sites (N-methyl/N-ethyl adjacent to an activating group) is 1. The molecule has 5 nitrogen and oxygen atoms in total. The molecule has 0 bridgehead atoms. The Balaban J connectivity index is 1.64. The molecule has 2 saturated heterocycles. The van der Waals surface area contributed by atoms with Crippen molar-refractivity contribution in [2.45, 2.75) is 25.4 Å². The first-order chi connectivity index (χ1) is 10.8. The van der Waals surface area contributed by atoms with Crippen molar-refractivity contribution in [3.8, 4) is 0 Å². The zero-order valence-electron chi connectivity index (χ0n) is 14.1. The number of benzene rings is 1. The van der Waals surface area contributed by atoms with Crippen molar-refractivity contribution in [1.82, 2.24) is 14.7 Å². The smallest absolute Gasteiger partial charge is 0.321 e. The van der Waals surface area contributed by atoms with Gasteiger partial charge in [0, 0.05) is 50.0 Å². The second-order valence-electron chi connectivity index (χ2n) is 7.24. The van der Waals surface area contributed by atoms with Gasteiger partial charge in [0.05, 0.1) is 0 Å². The number of nitrogens with zero attached hydrogens (tertiary/aromatic N) is 3. The third kappa shape index (κ3) is 3.48. The second kappa shape index (κ2) is 6.09. The van der Waals surface area contributed by atoms with Crippen LogP contribution in [0.1, 0.15) is 13.8 Å². The van der Waals surface area contributed by atoms with Gasteiger partial charge in [0.2, 0.25) is 0 Å². The number of carbonyl (C=O) groups excluding carboxylic acids is 1. The summed E-state index contributed by atoms with van der Waals surface area (Å²) in [5.74, 6) is -0.302. The second-order valence-corrected chi connectivity index (χ2v) is 7.24. The van der Waals surface area contributed by atoms with Crippen LogP contribution in [0.5, 0.6) is 0 Å². The normalized spacial score (nSPS) is 25.0. The van der Waals surface area contributed by atoms with E-state index in [1.165, 1.54) is 12.1 Å². The average molecular weight is 320 g/mol. The minimum Gasteiger partial charge on any atom is -0.322 e. The van der Waals surface area contributed by atoms with Gasteiger partial charge in [-0.1, -0.05) is 0 Å². The molecule has 1 atom stereocenters. The highest BCUT2D eigenvalue weighted by Gasteiger charge is 2.42. The molecule has 1 aromatic rings. The summed E-state index contributed by atoms with van der Waals surface area (Å²) in [6.45, 7) is 8.89. The molecule has 0 aliphatic carbocycles. The zero-order chi connectivity index (χ0) is 16.6. The molecule has 2 heterocycles. The van der Waals surface area contributed by atoms with Crippen LogP contribution in [0.2, 0.25) is 0 Å². The van der Waals surface area contributed by atoms with Crippen molar-refractivity contribution in [2.24, 2.45) is 0 Å². The van der Waals surface area contributed by atoms with Crippen LogP contribution in [0.15, 0.2) is 24.3 Å². The lowest BCUT2D eigenvalue weighted by atomic mass is 9.93. The fourth-order valence-corrected chi connectivity index (χ4v) is 3.90. The highest BCUT2D eigenvalue weighted by atomic mass is 19.1.